The first-order valence-corrected chi connectivity index (χ1v) is 8.35. The molecule has 4 nitrogen and oxygen atoms in total. The maximum absolute atomic E-state index is 10.9. The van der Waals surface area contributed by atoms with Gasteiger partial charge in [-0.3, -0.25) is 4.79 Å². The van der Waals surface area contributed by atoms with Crippen molar-refractivity contribution in [1.82, 2.24) is 5.32 Å². The Morgan fingerprint density at radius 2 is 1.36 bits per heavy atom. The minimum atomic E-state index is -0.255. The van der Waals surface area contributed by atoms with Crippen molar-refractivity contribution in [2.45, 2.75) is 91.4 Å². The Labute approximate surface area is 137 Å². The molecule has 0 rings (SSSR count). The van der Waals surface area contributed by atoms with Crippen LogP contribution in [-0.2, 0) is 14.3 Å². The lowest BCUT2D eigenvalue weighted by Crippen LogP contribution is -2.40. The van der Waals surface area contributed by atoms with Gasteiger partial charge in [0.15, 0.2) is 0 Å². The van der Waals surface area contributed by atoms with Crippen LogP contribution in [0.5, 0.6) is 0 Å². The van der Waals surface area contributed by atoms with Crippen molar-refractivity contribution in [3.8, 4) is 0 Å². The first-order valence-electron chi connectivity index (χ1n) is 8.35. The third-order valence-electron chi connectivity index (χ3n) is 3.53. The van der Waals surface area contributed by atoms with Crippen LogP contribution in [0.25, 0.3) is 0 Å². The summed E-state index contributed by atoms with van der Waals surface area (Å²) in [5.41, 5.74) is -0.258. The summed E-state index contributed by atoms with van der Waals surface area (Å²) in [4.78, 5) is 10.9. The second-order valence-electron chi connectivity index (χ2n) is 8.35. The zero-order chi connectivity index (χ0) is 17.4. The van der Waals surface area contributed by atoms with Gasteiger partial charge in [0.1, 0.15) is 5.78 Å². The van der Waals surface area contributed by atoms with Crippen molar-refractivity contribution in [3.05, 3.63) is 0 Å². The summed E-state index contributed by atoms with van der Waals surface area (Å²) in [5.74, 6) is 0.166. The summed E-state index contributed by atoms with van der Waals surface area (Å²) in [6, 6.07) is 0. The molecule has 0 heterocycles. The highest BCUT2D eigenvalue weighted by molar-refractivity contribution is 5.75. The normalized spacial score (nSPS) is 13.5. The van der Waals surface area contributed by atoms with Crippen molar-refractivity contribution in [2.75, 3.05) is 19.8 Å². The standard InChI is InChI=1S/C18H37NO3/c1-15(20)9-13-21-18(7,8)11-14-22-17(5,6)10-12-19-16(2,3)4/h19H,9-14H2,1-8H3. The summed E-state index contributed by atoms with van der Waals surface area (Å²) in [6.07, 6.45) is 2.27. The molecular weight excluding hydrogens is 278 g/mol. The van der Waals surface area contributed by atoms with Gasteiger partial charge in [0.25, 0.3) is 0 Å². The summed E-state index contributed by atoms with van der Waals surface area (Å²) < 4.78 is 11.8. The molecule has 0 aromatic heterocycles. The molecule has 132 valence electrons. The van der Waals surface area contributed by atoms with Crippen molar-refractivity contribution in [2.24, 2.45) is 0 Å². The number of Topliss-reactive ketones (excluding diaryl/α,β-unsaturated/α-hetero) is 1. The Hall–Kier alpha value is -0.450. The predicted molar refractivity (Wildman–Crippen MR) is 92.3 cm³/mol. The van der Waals surface area contributed by atoms with E-state index < -0.39 is 0 Å². The molecule has 0 aliphatic rings. The van der Waals surface area contributed by atoms with Crippen molar-refractivity contribution < 1.29 is 14.3 Å². The van der Waals surface area contributed by atoms with Crippen molar-refractivity contribution >= 4 is 5.78 Å². The molecule has 0 saturated carbocycles. The van der Waals surface area contributed by atoms with E-state index in [1.807, 2.05) is 13.8 Å². The van der Waals surface area contributed by atoms with Crippen LogP contribution in [0.1, 0.15) is 74.7 Å². The number of hydrogen-bond acceptors (Lipinski definition) is 4. The van der Waals surface area contributed by atoms with Crippen LogP contribution < -0.4 is 5.32 Å². The monoisotopic (exact) mass is 315 g/mol. The topological polar surface area (TPSA) is 47.6 Å². The second kappa shape index (κ2) is 8.99. The average molecular weight is 315 g/mol. The molecule has 0 aromatic carbocycles. The molecule has 0 fully saturated rings. The molecule has 0 atom stereocenters. The van der Waals surface area contributed by atoms with Gasteiger partial charge >= 0.3 is 0 Å². The van der Waals surface area contributed by atoms with E-state index in [2.05, 4.69) is 39.9 Å². The number of rotatable bonds is 11. The number of carbonyl (C=O) groups is 1. The Morgan fingerprint density at radius 1 is 0.864 bits per heavy atom. The van der Waals surface area contributed by atoms with Gasteiger partial charge in [0.2, 0.25) is 0 Å². The molecule has 4 heteroatoms. The Balaban J connectivity index is 3.97. The lowest BCUT2D eigenvalue weighted by molar-refractivity contribution is -0.120. The summed E-state index contributed by atoms with van der Waals surface area (Å²) in [5, 5.41) is 3.49. The molecule has 0 unspecified atom stereocenters. The second-order valence-corrected chi connectivity index (χ2v) is 8.35. The first kappa shape index (κ1) is 21.6. The molecule has 0 bridgehead atoms. The van der Waals surface area contributed by atoms with Crippen molar-refractivity contribution in [3.63, 3.8) is 0 Å². The third-order valence-corrected chi connectivity index (χ3v) is 3.53. The number of hydrogen-bond donors (Lipinski definition) is 1. The van der Waals surface area contributed by atoms with Gasteiger partial charge in [-0.05, 0) is 74.8 Å². The average Bonchev–Trinajstić information content (AvgIpc) is 2.24. The van der Waals surface area contributed by atoms with Gasteiger partial charge in [-0.25, -0.2) is 0 Å². The minimum absolute atomic E-state index is 0.141. The molecular formula is C18H37NO3. The van der Waals surface area contributed by atoms with E-state index >= 15 is 0 Å². The highest BCUT2D eigenvalue weighted by atomic mass is 16.5. The van der Waals surface area contributed by atoms with Gasteiger partial charge < -0.3 is 14.8 Å². The van der Waals surface area contributed by atoms with E-state index in [0.717, 1.165) is 19.4 Å². The quantitative estimate of drug-likeness (QED) is 0.631. The third kappa shape index (κ3) is 13.2. The van der Waals surface area contributed by atoms with Crippen molar-refractivity contribution in [1.29, 1.82) is 0 Å². The van der Waals surface area contributed by atoms with E-state index in [9.17, 15) is 4.79 Å². The van der Waals surface area contributed by atoms with E-state index in [1.165, 1.54) is 0 Å². The Bertz CT molecular complexity index is 330. The smallest absolute Gasteiger partial charge is 0.132 e. The van der Waals surface area contributed by atoms with Crippen LogP contribution in [0.3, 0.4) is 0 Å². The van der Waals surface area contributed by atoms with Crippen LogP contribution in [0, 0.1) is 0 Å². The SMILES string of the molecule is CC(=O)CCOC(C)(C)CCOC(C)(C)CCNC(C)(C)C. The minimum Gasteiger partial charge on any atom is -0.375 e. The molecule has 0 radical (unpaired) electrons. The number of ether oxygens (including phenoxy) is 2. The summed E-state index contributed by atoms with van der Waals surface area (Å²) in [7, 11) is 0. The Kier molecular flexibility index (Phi) is 8.81. The maximum atomic E-state index is 10.9. The summed E-state index contributed by atoms with van der Waals surface area (Å²) >= 11 is 0. The number of nitrogens with one attached hydrogen (secondary N) is 1. The lowest BCUT2D eigenvalue weighted by Gasteiger charge is -2.31. The fourth-order valence-electron chi connectivity index (χ4n) is 1.93. The van der Waals surface area contributed by atoms with Crippen LogP contribution in [-0.4, -0.2) is 42.3 Å². The molecule has 0 aliphatic heterocycles. The molecule has 0 saturated heterocycles. The fourth-order valence-corrected chi connectivity index (χ4v) is 1.93. The molecule has 0 amide bonds. The number of ketones is 1. The molecule has 0 spiro atoms. The van der Waals surface area contributed by atoms with Gasteiger partial charge in [0, 0.05) is 12.0 Å². The highest BCUT2D eigenvalue weighted by Gasteiger charge is 2.23. The zero-order valence-electron chi connectivity index (χ0n) is 16.0. The van der Waals surface area contributed by atoms with E-state index in [4.69, 9.17) is 9.47 Å². The van der Waals surface area contributed by atoms with Gasteiger partial charge in [0.05, 0.1) is 24.4 Å². The molecule has 0 aromatic rings. The summed E-state index contributed by atoms with van der Waals surface area (Å²) in [6.45, 7) is 18.5. The first-order chi connectivity index (χ1) is 9.83. The van der Waals surface area contributed by atoms with E-state index in [0.29, 0.717) is 19.6 Å². The van der Waals surface area contributed by atoms with Crippen LogP contribution >= 0.6 is 0 Å². The van der Waals surface area contributed by atoms with Gasteiger partial charge in [-0.15, -0.1) is 0 Å². The Morgan fingerprint density at radius 3 is 1.86 bits per heavy atom. The lowest BCUT2D eigenvalue weighted by atomic mass is 10.0. The highest BCUT2D eigenvalue weighted by Crippen LogP contribution is 2.19. The fraction of sp³-hybridized carbons (Fsp3) is 0.944. The largest absolute Gasteiger partial charge is 0.375 e. The van der Waals surface area contributed by atoms with Crippen LogP contribution in [0.2, 0.25) is 0 Å². The zero-order valence-corrected chi connectivity index (χ0v) is 16.0. The number of carbonyl (C=O) groups excluding carboxylic acids is 1. The van der Waals surface area contributed by atoms with Crippen LogP contribution in [0.4, 0.5) is 0 Å². The maximum Gasteiger partial charge on any atom is 0.132 e. The molecule has 22 heavy (non-hydrogen) atoms. The molecule has 1 N–H and O–H groups in total. The van der Waals surface area contributed by atoms with E-state index in [1.54, 1.807) is 6.92 Å². The van der Waals surface area contributed by atoms with E-state index in [-0.39, 0.29) is 22.5 Å². The van der Waals surface area contributed by atoms with Crippen LogP contribution in [0.15, 0.2) is 0 Å². The van der Waals surface area contributed by atoms with Gasteiger partial charge in [-0.1, -0.05) is 0 Å². The van der Waals surface area contributed by atoms with Gasteiger partial charge in [-0.2, -0.15) is 0 Å². The predicted octanol–water partition coefficient (Wildman–Crippen LogP) is 3.72. The molecule has 0 aliphatic carbocycles.